The van der Waals surface area contributed by atoms with Gasteiger partial charge in [-0.2, -0.15) is 0 Å². The molecule has 1 aromatic heterocycles. The topological polar surface area (TPSA) is 93.2 Å². The highest BCUT2D eigenvalue weighted by atomic mass is 16.5. The molecule has 1 amide bonds. The third-order valence-corrected chi connectivity index (χ3v) is 3.92. The van der Waals surface area contributed by atoms with Crippen molar-refractivity contribution in [2.45, 2.75) is 26.9 Å². The number of carbonyl (C=O) groups is 2. The van der Waals surface area contributed by atoms with Crippen LogP contribution in [-0.2, 0) is 0 Å². The fraction of sp³-hybridized carbons (Fsp3) is 0.182. The molecule has 0 saturated heterocycles. The largest absolute Gasteiger partial charge is 0.489 e. The van der Waals surface area contributed by atoms with Crippen LogP contribution >= 0.6 is 0 Å². The summed E-state index contributed by atoms with van der Waals surface area (Å²) in [4.78, 5) is 32.4. The van der Waals surface area contributed by atoms with Gasteiger partial charge in [0.2, 0.25) is 0 Å². The number of Topliss-reactive ketones (excluding diaryl/α,β-unsaturated/α-hetero) is 1. The van der Waals surface area contributed by atoms with Crippen LogP contribution in [0.1, 0.15) is 41.6 Å². The maximum absolute atomic E-state index is 12.5. The average Bonchev–Trinajstić information content (AvgIpc) is 2.70. The van der Waals surface area contributed by atoms with E-state index in [0.29, 0.717) is 28.5 Å². The molecule has 1 heterocycles. The van der Waals surface area contributed by atoms with E-state index in [-0.39, 0.29) is 23.5 Å². The number of rotatable bonds is 7. The standard InChI is InChI=1S/C22H22N4O3/c1-14(2)29-20-10-5-4-9-18(20)26-22(28)19-12-24-21(13-23-19)25-17-8-6-7-16(11-17)15(3)27/h4-14H,1-3H3,(H,24,25)(H,26,28). The highest BCUT2D eigenvalue weighted by Gasteiger charge is 2.12. The zero-order valence-corrected chi connectivity index (χ0v) is 16.5. The Morgan fingerprint density at radius 1 is 1.00 bits per heavy atom. The van der Waals surface area contributed by atoms with Gasteiger partial charge in [-0.25, -0.2) is 9.97 Å². The molecule has 29 heavy (non-hydrogen) atoms. The lowest BCUT2D eigenvalue weighted by molar-refractivity contribution is 0.101. The number of ketones is 1. The van der Waals surface area contributed by atoms with Gasteiger partial charge in [0.1, 0.15) is 17.3 Å². The minimum absolute atomic E-state index is 0.0142. The molecule has 3 aromatic rings. The van der Waals surface area contributed by atoms with Crippen molar-refractivity contribution in [3.05, 3.63) is 72.2 Å². The van der Waals surface area contributed by atoms with Gasteiger partial charge < -0.3 is 15.4 Å². The number of para-hydroxylation sites is 2. The van der Waals surface area contributed by atoms with Crippen LogP contribution in [0.5, 0.6) is 5.75 Å². The zero-order chi connectivity index (χ0) is 20.8. The summed E-state index contributed by atoms with van der Waals surface area (Å²) in [5.41, 5.74) is 2.05. The predicted octanol–water partition coefficient (Wildman–Crippen LogP) is 4.46. The Balaban J connectivity index is 1.70. The zero-order valence-electron chi connectivity index (χ0n) is 16.5. The van der Waals surface area contributed by atoms with Crippen LogP contribution in [0, 0.1) is 0 Å². The second kappa shape index (κ2) is 8.97. The van der Waals surface area contributed by atoms with Crippen LogP contribution in [0.2, 0.25) is 0 Å². The molecule has 2 aromatic carbocycles. The van der Waals surface area contributed by atoms with E-state index in [9.17, 15) is 9.59 Å². The molecule has 3 rings (SSSR count). The van der Waals surface area contributed by atoms with Gasteiger partial charge in [-0.1, -0.05) is 24.3 Å². The molecule has 0 fully saturated rings. The number of ether oxygens (including phenoxy) is 1. The number of anilines is 3. The highest BCUT2D eigenvalue weighted by Crippen LogP contribution is 2.25. The average molecular weight is 390 g/mol. The molecule has 148 valence electrons. The first-order valence-corrected chi connectivity index (χ1v) is 9.19. The van der Waals surface area contributed by atoms with Gasteiger partial charge in [-0.3, -0.25) is 9.59 Å². The van der Waals surface area contributed by atoms with Gasteiger partial charge in [-0.15, -0.1) is 0 Å². The van der Waals surface area contributed by atoms with Gasteiger partial charge in [0, 0.05) is 11.3 Å². The second-order valence-electron chi connectivity index (χ2n) is 6.67. The van der Waals surface area contributed by atoms with Crippen molar-refractivity contribution in [3.63, 3.8) is 0 Å². The van der Waals surface area contributed by atoms with Crippen molar-refractivity contribution in [2.75, 3.05) is 10.6 Å². The number of nitrogens with zero attached hydrogens (tertiary/aromatic N) is 2. The first kappa shape index (κ1) is 20.0. The van der Waals surface area contributed by atoms with E-state index in [0.717, 1.165) is 0 Å². The number of aromatic nitrogens is 2. The van der Waals surface area contributed by atoms with Crippen molar-refractivity contribution >= 4 is 28.9 Å². The maximum Gasteiger partial charge on any atom is 0.275 e. The van der Waals surface area contributed by atoms with Crippen LogP contribution in [0.25, 0.3) is 0 Å². The van der Waals surface area contributed by atoms with E-state index in [1.54, 1.807) is 30.3 Å². The van der Waals surface area contributed by atoms with Crippen LogP contribution in [-0.4, -0.2) is 27.8 Å². The Labute approximate surface area is 169 Å². The SMILES string of the molecule is CC(=O)c1cccc(Nc2cnc(C(=O)Nc3ccccc3OC(C)C)cn2)c1. The number of hydrogen-bond acceptors (Lipinski definition) is 6. The lowest BCUT2D eigenvalue weighted by atomic mass is 10.1. The maximum atomic E-state index is 12.5. The fourth-order valence-corrected chi connectivity index (χ4v) is 2.59. The third-order valence-electron chi connectivity index (χ3n) is 3.92. The minimum Gasteiger partial charge on any atom is -0.489 e. The fourth-order valence-electron chi connectivity index (χ4n) is 2.59. The number of amides is 1. The molecule has 0 aliphatic rings. The first-order chi connectivity index (χ1) is 13.9. The Bertz CT molecular complexity index is 1020. The number of benzene rings is 2. The molecule has 0 aliphatic heterocycles. The summed E-state index contributed by atoms with van der Waals surface area (Å²) >= 11 is 0. The third kappa shape index (κ3) is 5.38. The van der Waals surface area contributed by atoms with Crippen molar-refractivity contribution in [1.29, 1.82) is 0 Å². The van der Waals surface area contributed by atoms with E-state index < -0.39 is 0 Å². The molecule has 0 saturated carbocycles. The van der Waals surface area contributed by atoms with Gasteiger partial charge in [0.05, 0.1) is 24.2 Å². The van der Waals surface area contributed by atoms with E-state index in [1.807, 2.05) is 32.0 Å². The number of carbonyl (C=O) groups excluding carboxylic acids is 2. The summed E-state index contributed by atoms with van der Waals surface area (Å²) < 4.78 is 5.71. The lowest BCUT2D eigenvalue weighted by Crippen LogP contribution is -2.16. The second-order valence-corrected chi connectivity index (χ2v) is 6.67. The Morgan fingerprint density at radius 3 is 2.48 bits per heavy atom. The molecule has 0 spiro atoms. The van der Waals surface area contributed by atoms with E-state index in [1.165, 1.54) is 19.3 Å². The van der Waals surface area contributed by atoms with Crippen LogP contribution in [0.3, 0.4) is 0 Å². The van der Waals surface area contributed by atoms with Crippen LogP contribution in [0.4, 0.5) is 17.2 Å². The summed E-state index contributed by atoms with van der Waals surface area (Å²) in [5, 5.41) is 5.87. The Hall–Kier alpha value is -3.74. The van der Waals surface area contributed by atoms with Gasteiger partial charge in [0.15, 0.2) is 5.78 Å². The van der Waals surface area contributed by atoms with Crippen molar-refractivity contribution in [1.82, 2.24) is 9.97 Å². The van der Waals surface area contributed by atoms with Gasteiger partial charge in [0.25, 0.3) is 5.91 Å². The summed E-state index contributed by atoms with van der Waals surface area (Å²) in [7, 11) is 0. The Kier molecular flexibility index (Phi) is 6.19. The van der Waals surface area contributed by atoms with Crippen LogP contribution in [0.15, 0.2) is 60.9 Å². The van der Waals surface area contributed by atoms with Gasteiger partial charge >= 0.3 is 0 Å². The lowest BCUT2D eigenvalue weighted by Gasteiger charge is -2.14. The van der Waals surface area contributed by atoms with E-state index in [4.69, 9.17) is 4.74 Å². The summed E-state index contributed by atoms with van der Waals surface area (Å²) in [6, 6.07) is 14.3. The Morgan fingerprint density at radius 2 is 1.79 bits per heavy atom. The quantitative estimate of drug-likeness (QED) is 0.579. The monoisotopic (exact) mass is 390 g/mol. The van der Waals surface area contributed by atoms with Crippen molar-refractivity contribution in [3.8, 4) is 5.75 Å². The molecular weight excluding hydrogens is 368 g/mol. The predicted molar refractivity (Wildman–Crippen MR) is 112 cm³/mol. The molecular formula is C22H22N4O3. The molecule has 0 unspecified atom stereocenters. The van der Waals surface area contributed by atoms with E-state index in [2.05, 4.69) is 20.6 Å². The molecule has 7 heteroatoms. The van der Waals surface area contributed by atoms with Crippen LogP contribution < -0.4 is 15.4 Å². The van der Waals surface area contributed by atoms with Crippen molar-refractivity contribution < 1.29 is 14.3 Å². The van der Waals surface area contributed by atoms with Gasteiger partial charge in [-0.05, 0) is 45.0 Å². The van der Waals surface area contributed by atoms with Crippen molar-refractivity contribution in [2.24, 2.45) is 0 Å². The summed E-state index contributed by atoms with van der Waals surface area (Å²) in [5.74, 6) is 0.647. The molecule has 0 radical (unpaired) electrons. The number of nitrogens with one attached hydrogen (secondary N) is 2. The normalized spacial score (nSPS) is 10.5. The minimum atomic E-state index is -0.387. The molecule has 0 bridgehead atoms. The molecule has 7 nitrogen and oxygen atoms in total. The molecule has 2 N–H and O–H groups in total. The number of hydrogen-bond donors (Lipinski definition) is 2. The highest BCUT2D eigenvalue weighted by molar-refractivity contribution is 6.03. The molecule has 0 atom stereocenters. The summed E-state index contributed by atoms with van der Waals surface area (Å²) in [6.45, 7) is 5.35. The smallest absolute Gasteiger partial charge is 0.275 e. The summed E-state index contributed by atoms with van der Waals surface area (Å²) in [6.07, 6.45) is 2.84. The first-order valence-electron chi connectivity index (χ1n) is 9.19. The molecule has 0 aliphatic carbocycles. The van der Waals surface area contributed by atoms with E-state index >= 15 is 0 Å².